The number of nitro groups is 1. The SMILES string of the molecule is O=C1Nc2ccc([N+](=O)[O-])cc2C1=C(Nc1ccc(Cn2cccn2)cc1)c1ccccc1. The Bertz CT molecular complexity index is 1360. The van der Waals surface area contributed by atoms with E-state index in [4.69, 9.17) is 0 Å². The zero-order valence-electron chi connectivity index (χ0n) is 17.4. The summed E-state index contributed by atoms with van der Waals surface area (Å²) in [5.74, 6) is -0.313. The van der Waals surface area contributed by atoms with Gasteiger partial charge in [-0.3, -0.25) is 19.6 Å². The van der Waals surface area contributed by atoms with Crippen LogP contribution >= 0.6 is 0 Å². The molecule has 1 aromatic heterocycles. The van der Waals surface area contributed by atoms with E-state index in [9.17, 15) is 14.9 Å². The standard InChI is InChI=1S/C25H19N5O3/c31-25-23(21-15-20(30(32)33)11-12-22(21)28-25)24(18-5-2-1-3-6-18)27-19-9-7-17(8-10-19)16-29-14-4-13-26-29/h1-15,27H,16H2,(H,28,31). The molecule has 5 rings (SSSR count). The average molecular weight is 437 g/mol. The van der Waals surface area contributed by atoms with Crippen molar-refractivity contribution in [3.8, 4) is 0 Å². The molecule has 0 spiro atoms. The Morgan fingerprint density at radius 2 is 1.82 bits per heavy atom. The van der Waals surface area contributed by atoms with Crippen LogP contribution in [0.2, 0.25) is 0 Å². The molecule has 0 bridgehead atoms. The van der Waals surface area contributed by atoms with Crippen LogP contribution in [0.3, 0.4) is 0 Å². The van der Waals surface area contributed by atoms with Crippen LogP contribution in [0.5, 0.6) is 0 Å². The maximum atomic E-state index is 13.0. The van der Waals surface area contributed by atoms with E-state index in [2.05, 4.69) is 15.7 Å². The molecule has 8 nitrogen and oxygen atoms in total. The Labute approximate surface area is 189 Å². The Morgan fingerprint density at radius 1 is 1.03 bits per heavy atom. The maximum absolute atomic E-state index is 13.0. The summed E-state index contributed by atoms with van der Waals surface area (Å²) >= 11 is 0. The number of hydrogen-bond donors (Lipinski definition) is 2. The largest absolute Gasteiger partial charge is 0.354 e. The zero-order valence-corrected chi connectivity index (χ0v) is 17.4. The van der Waals surface area contributed by atoms with Gasteiger partial charge < -0.3 is 10.6 Å². The molecule has 0 aliphatic carbocycles. The minimum absolute atomic E-state index is 0.0712. The number of amides is 1. The minimum atomic E-state index is -0.464. The topological polar surface area (TPSA) is 102 Å². The molecule has 1 aliphatic rings. The molecule has 0 saturated carbocycles. The first-order valence-corrected chi connectivity index (χ1v) is 10.3. The first-order valence-electron chi connectivity index (χ1n) is 10.3. The molecule has 0 atom stereocenters. The Balaban J connectivity index is 1.56. The maximum Gasteiger partial charge on any atom is 0.270 e. The number of nitro benzene ring substituents is 1. The lowest BCUT2D eigenvalue weighted by atomic mass is 9.99. The van der Waals surface area contributed by atoms with E-state index in [1.807, 2.05) is 71.5 Å². The first kappa shape index (κ1) is 20.2. The molecule has 33 heavy (non-hydrogen) atoms. The third-order valence-electron chi connectivity index (χ3n) is 5.40. The Hall–Kier alpha value is -4.72. The molecule has 162 valence electrons. The highest BCUT2D eigenvalue weighted by atomic mass is 16.6. The lowest BCUT2D eigenvalue weighted by Crippen LogP contribution is -2.10. The van der Waals surface area contributed by atoms with Crippen molar-refractivity contribution >= 4 is 34.2 Å². The second-order valence-corrected chi connectivity index (χ2v) is 7.58. The van der Waals surface area contributed by atoms with Crippen molar-refractivity contribution in [2.45, 2.75) is 6.54 Å². The Kier molecular flexibility index (Phi) is 5.16. The van der Waals surface area contributed by atoms with E-state index >= 15 is 0 Å². The molecule has 0 fully saturated rings. The van der Waals surface area contributed by atoms with Gasteiger partial charge in [0, 0.05) is 41.5 Å². The molecule has 2 N–H and O–H groups in total. The van der Waals surface area contributed by atoms with E-state index in [1.165, 1.54) is 12.1 Å². The molecule has 0 unspecified atom stereocenters. The number of rotatable bonds is 6. The van der Waals surface area contributed by atoms with Crippen LogP contribution in [-0.2, 0) is 11.3 Å². The van der Waals surface area contributed by atoms with Crippen LogP contribution in [-0.4, -0.2) is 20.6 Å². The lowest BCUT2D eigenvalue weighted by molar-refractivity contribution is -0.384. The third-order valence-corrected chi connectivity index (χ3v) is 5.40. The number of aromatic nitrogens is 2. The van der Waals surface area contributed by atoms with E-state index in [0.29, 0.717) is 29.1 Å². The zero-order chi connectivity index (χ0) is 22.8. The smallest absolute Gasteiger partial charge is 0.270 e. The summed E-state index contributed by atoms with van der Waals surface area (Å²) in [6.07, 6.45) is 3.64. The average Bonchev–Trinajstić information content (AvgIpc) is 3.45. The van der Waals surface area contributed by atoms with Crippen LogP contribution in [0.25, 0.3) is 11.3 Å². The molecule has 8 heteroatoms. The molecule has 0 radical (unpaired) electrons. The molecule has 2 heterocycles. The van der Waals surface area contributed by atoms with Crippen molar-refractivity contribution in [1.82, 2.24) is 9.78 Å². The van der Waals surface area contributed by atoms with Crippen LogP contribution < -0.4 is 10.6 Å². The molecular formula is C25H19N5O3. The fraction of sp³-hybridized carbons (Fsp3) is 0.0400. The molecule has 4 aromatic rings. The van der Waals surface area contributed by atoms with Gasteiger partial charge in [-0.1, -0.05) is 42.5 Å². The normalized spacial score (nSPS) is 13.9. The summed E-state index contributed by atoms with van der Waals surface area (Å²) < 4.78 is 1.84. The van der Waals surface area contributed by atoms with Gasteiger partial charge >= 0.3 is 0 Å². The predicted octanol–water partition coefficient (Wildman–Crippen LogP) is 4.77. The molecule has 0 saturated heterocycles. The van der Waals surface area contributed by atoms with Crippen LogP contribution in [0.1, 0.15) is 16.7 Å². The van der Waals surface area contributed by atoms with Crippen molar-refractivity contribution in [1.29, 1.82) is 0 Å². The van der Waals surface area contributed by atoms with Gasteiger partial charge in [-0.15, -0.1) is 0 Å². The number of carbonyl (C=O) groups excluding carboxylic acids is 1. The summed E-state index contributed by atoms with van der Waals surface area (Å²) in [5.41, 5.74) is 4.57. The number of anilines is 2. The highest BCUT2D eigenvalue weighted by Crippen LogP contribution is 2.39. The molecule has 1 aliphatic heterocycles. The number of carbonyl (C=O) groups is 1. The first-order chi connectivity index (χ1) is 16.1. The van der Waals surface area contributed by atoms with Crippen molar-refractivity contribution in [2.75, 3.05) is 10.6 Å². The number of benzene rings is 3. The summed E-state index contributed by atoms with van der Waals surface area (Å²) in [6.45, 7) is 0.652. The third kappa shape index (κ3) is 4.09. The number of nitrogens with zero attached hydrogens (tertiary/aromatic N) is 3. The van der Waals surface area contributed by atoms with Gasteiger partial charge in [-0.25, -0.2) is 0 Å². The van der Waals surface area contributed by atoms with Gasteiger partial charge in [0.15, 0.2) is 0 Å². The van der Waals surface area contributed by atoms with Crippen LogP contribution in [0, 0.1) is 10.1 Å². The van der Waals surface area contributed by atoms with Gasteiger partial charge in [0.05, 0.1) is 22.7 Å². The molecule has 3 aromatic carbocycles. The number of non-ortho nitro benzene ring substituents is 1. The fourth-order valence-corrected chi connectivity index (χ4v) is 3.82. The summed E-state index contributed by atoms with van der Waals surface area (Å²) in [5, 5.41) is 21.7. The Morgan fingerprint density at radius 3 is 2.52 bits per heavy atom. The van der Waals surface area contributed by atoms with Crippen molar-refractivity contribution in [3.05, 3.63) is 118 Å². The second-order valence-electron chi connectivity index (χ2n) is 7.58. The minimum Gasteiger partial charge on any atom is -0.354 e. The molecule has 1 amide bonds. The van der Waals surface area contributed by atoms with Gasteiger partial charge in [0.1, 0.15) is 0 Å². The van der Waals surface area contributed by atoms with Gasteiger partial charge in [0.2, 0.25) is 0 Å². The van der Waals surface area contributed by atoms with E-state index in [0.717, 1.165) is 16.8 Å². The van der Waals surface area contributed by atoms with Crippen molar-refractivity contribution in [3.63, 3.8) is 0 Å². The highest BCUT2D eigenvalue weighted by Gasteiger charge is 2.30. The van der Waals surface area contributed by atoms with Crippen LogP contribution in [0.15, 0.2) is 91.3 Å². The van der Waals surface area contributed by atoms with Crippen LogP contribution in [0.4, 0.5) is 17.1 Å². The summed E-state index contributed by atoms with van der Waals surface area (Å²) in [6, 6.07) is 23.5. The summed E-state index contributed by atoms with van der Waals surface area (Å²) in [4.78, 5) is 23.8. The van der Waals surface area contributed by atoms with Gasteiger partial charge in [-0.05, 0) is 35.4 Å². The van der Waals surface area contributed by atoms with Gasteiger partial charge in [0.25, 0.3) is 11.6 Å². The van der Waals surface area contributed by atoms with Crippen molar-refractivity contribution in [2.24, 2.45) is 0 Å². The van der Waals surface area contributed by atoms with E-state index < -0.39 is 4.92 Å². The highest BCUT2D eigenvalue weighted by molar-refractivity contribution is 6.37. The number of hydrogen-bond acceptors (Lipinski definition) is 5. The predicted molar refractivity (Wildman–Crippen MR) is 126 cm³/mol. The second kappa shape index (κ2) is 8.43. The number of nitrogens with one attached hydrogen (secondary N) is 2. The van der Waals surface area contributed by atoms with E-state index in [-0.39, 0.29) is 11.6 Å². The lowest BCUT2D eigenvalue weighted by Gasteiger charge is -2.15. The van der Waals surface area contributed by atoms with E-state index in [1.54, 1.807) is 12.3 Å². The quantitative estimate of drug-likeness (QED) is 0.257. The molecular weight excluding hydrogens is 418 g/mol. The van der Waals surface area contributed by atoms with Gasteiger partial charge in [-0.2, -0.15) is 5.10 Å². The summed E-state index contributed by atoms with van der Waals surface area (Å²) in [7, 11) is 0. The van der Waals surface area contributed by atoms with Crippen molar-refractivity contribution < 1.29 is 9.72 Å². The number of fused-ring (bicyclic) bond motifs is 1. The monoisotopic (exact) mass is 437 g/mol. The fourth-order valence-electron chi connectivity index (χ4n) is 3.82.